The lowest BCUT2D eigenvalue weighted by Gasteiger charge is -2.32. The number of alkyl halides is 3. The first kappa shape index (κ1) is 12.3. The fourth-order valence-corrected chi connectivity index (χ4v) is 1.73. The van der Waals surface area contributed by atoms with Crippen LogP contribution in [-0.4, -0.2) is 29.3 Å². The number of halogens is 3. The molecule has 0 unspecified atom stereocenters. The predicted molar refractivity (Wildman–Crippen MR) is 47.1 cm³/mol. The molecular weight excluding hydrogens is 211 g/mol. The van der Waals surface area contributed by atoms with Crippen LogP contribution in [-0.2, 0) is 4.79 Å². The summed E-state index contributed by atoms with van der Waals surface area (Å²) in [6.07, 6.45) is -1.41. The molecule has 0 saturated heterocycles. The van der Waals surface area contributed by atoms with E-state index < -0.39 is 17.7 Å². The summed E-state index contributed by atoms with van der Waals surface area (Å²) in [6, 6.07) is 0. The average Bonchev–Trinajstić information content (AvgIpc) is 2.14. The number of carbonyl (C=O) groups excluding carboxylic acids is 1. The monoisotopic (exact) mass is 225 g/mol. The first-order valence-electron chi connectivity index (χ1n) is 4.91. The van der Waals surface area contributed by atoms with Crippen LogP contribution in [0.3, 0.4) is 0 Å². The fourth-order valence-electron chi connectivity index (χ4n) is 1.73. The quantitative estimate of drug-likeness (QED) is 0.745. The number of aliphatic hydroxyl groups is 1. The molecule has 1 amide bonds. The van der Waals surface area contributed by atoms with E-state index >= 15 is 0 Å². The smallest absolute Gasteiger partial charge is 0.388 e. The maximum Gasteiger partial charge on any atom is 0.471 e. The molecule has 1 fully saturated rings. The predicted octanol–water partition coefficient (Wildman–Crippen LogP) is 1.36. The summed E-state index contributed by atoms with van der Waals surface area (Å²) in [4.78, 5) is 10.5. The Kier molecular flexibility index (Phi) is 3.59. The van der Waals surface area contributed by atoms with Gasteiger partial charge in [-0.05, 0) is 12.8 Å². The molecule has 1 rings (SSSR count). The maximum absolute atomic E-state index is 11.8. The van der Waals surface area contributed by atoms with E-state index in [-0.39, 0.29) is 6.54 Å². The van der Waals surface area contributed by atoms with Gasteiger partial charge in [0.25, 0.3) is 0 Å². The van der Waals surface area contributed by atoms with E-state index in [1.807, 2.05) is 0 Å². The Morgan fingerprint density at radius 3 is 2.27 bits per heavy atom. The summed E-state index contributed by atoms with van der Waals surface area (Å²) in [7, 11) is 0. The second kappa shape index (κ2) is 4.38. The van der Waals surface area contributed by atoms with E-state index in [1.54, 1.807) is 5.32 Å². The van der Waals surface area contributed by atoms with Gasteiger partial charge in [0.15, 0.2) is 0 Å². The van der Waals surface area contributed by atoms with Crippen molar-refractivity contribution in [3.05, 3.63) is 0 Å². The lowest BCUT2D eigenvalue weighted by atomic mass is 9.85. The van der Waals surface area contributed by atoms with Crippen LogP contribution in [0.5, 0.6) is 0 Å². The van der Waals surface area contributed by atoms with Gasteiger partial charge in [-0.3, -0.25) is 4.79 Å². The second-order valence-electron chi connectivity index (χ2n) is 3.97. The number of hydrogen-bond acceptors (Lipinski definition) is 2. The van der Waals surface area contributed by atoms with Gasteiger partial charge < -0.3 is 10.4 Å². The van der Waals surface area contributed by atoms with Crippen LogP contribution in [0.25, 0.3) is 0 Å². The molecule has 0 heterocycles. The first-order chi connectivity index (χ1) is 6.83. The molecule has 3 nitrogen and oxygen atoms in total. The largest absolute Gasteiger partial charge is 0.471 e. The van der Waals surface area contributed by atoms with Crippen LogP contribution in [0.1, 0.15) is 32.1 Å². The normalized spacial score (nSPS) is 21.1. The molecule has 0 aromatic heterocycles. The number of nitrogens with one attached hydrogen (secondary N) is 1. The molecule has 0 aliphatic heterocycles. The Morgan fingerprint density at radius 1 is 1.27 bits per heavy atom. The molecule has 0 aromatic carbocycles. The molecule has 0 radical (unpaired) electrons. The van der Waals surface area contributed by atoms with Gasteiger partial charge in [0.2, 0.25) is 0 Å². The van der Waals surface area contributed by atoms with Crippen molar-refractivity contribution in [2.45, 2.75) is 43.9 Å². The minimum atomic E-state index is -4.87. The van der Waals surface area contributed by atoms with Crippen molar-refractivity contribution < 1.29 is 23.1 Å². The van der Waals surface area contributed by atoms with Crippen molar-refractivity contribution >= 4 is 5.91 Å². The zero-order valence-electron chi connectivity index (χ0n) is 8.23. The zero-order valence-corrected chi connectivity index (χ0v) is 8.23. The SMILES string of the molecule is O=C(NCC1(O)CCCCC1)C(F)(F)F. The molecule has 0 spiro atoms. The number of carbonyl (C=O) groups is 1. The van der Waals surface area contributed by atoms with Crippen LogP contribution < -0.4 is 5.32 Å². The molecular formula is C9H14F3NO2. The summed E-state index contributed by atoms with van der Waals surface area (Å²) in [5.74, 6) is -1.98. The van der Waals surface area contributed by atoms with Crippen LogP contribution in [0.2, 0.25) is 0 Å². The van der Waals surface area contributed by atoms with Gasteiger partial charge in [-0.15, -0.1) is 0 Å². The van der Waals surface area contributed by atoms with Crippen molar-refractivity contribution in [1.82, 2.24) is 5.32 Å². The van der Waals surface area contributed by atoms with E-state index in [0.29, 0.717) is 12.8 Å². The van der Waals surface area contributed by atoms with Gasteiger partial charge in [-0.1, -0.05) is 19.3 Å². The highest BCUT2D eigenvalue weighted by atomic mass is 19.4. The van der Waals surface area contributed by atoms with Gasteiger partial charge in [-0.2, -0.15) is 13.2 Å². The summed E-state index contributed by atoms with van der Waals surface area (Å²) < 4.78 is 35.5. The third-order valence-corrected chi connectivity index (χ3v) is 2.62. The van der Waals surface area contributed by atoms with Gasteiger partial charge in [0, 0.05) is 6.54 Å². The Hall–Kier alpha value is -0.780. The van der Waals surface area contributed by atoms with Gasteiger partial charge in [-0.25, -0.2) is 0 Å². The van der Waals surface area contributed by atoms with Gasteiger partial charge in [0.1, 0.15) is 0 Å². The minimum absolute atomic E-state index is 0.314. The fraction of sp³-hybridized carbons (Fsp3) is 0.889. The molecule has 15 heavy (non-hydrogen) atoms. The lowest BCUT2D eigenvalue weighted by Crippen LogP contribution is -2.47. The summed E-state index contributed by atoms with van der Waals surface area (Å²) >= 11 is 0. The standard InChI is InChI=1S/C9H14F3NO2/c10-9(11,12)7(14)13-6-8(15)4-2-1-3-5-8/h15H,1-6H2,(H,13,14). The zero-order chi connectivity index (χ0) is 11.5. The van der Waals surface area contributed by atoms with Crippen LogP contribution >= 0.6 is 0 Å². The molecule has 0 atom stereocenters. The highest BCUT2D eigenvalue weighted by molar-refractivity contribution is 5.81. The van der Waals surface area contributed by atoms with Crippen molar-refractivity contribution in [2.24, 2.45) is 0 Å². The lowest BCUT2D eigenvalue weighted by molar-refractivity contribution is -0.174. The summed E-state index contributed by atoms with van der Waals surface area (Å²) in [5.41, 5.74) is -1.15. The Labute approximate surface area is 85.7 Å². The molecule has 1 saturated carbocycles. The van der Waals surface area contributed by atoms with Crippen molar-refractivity contribution in [2.75, 3.05) is 6.54 Å². The van der Waals surface area contributed by atoms with E-state index in [4.69, 9.17) is 0 Å². The molecule has 88 valence electrons. The molecule has 1 aliphatic rings. The van der Waals surface area contributed by atoms with E-state index in [1.165, 1.54) is 0 Å². The number of rotatable bonds is 2. The molecule has 2 N–H and O–H groups in total. The third kappa shape index (κ3) is 3.70. The summed E-state index contributed by atoms with van der Waals surface area (Å²) in [6.45, 7) is -0.314. The van der Waals surface area contributed by atoms with Crippen molar-refractivity contribution in [3.8, 4) is 0 Å². The molecule has 0 aromatic rings. The molecule has 1 aliphatic carbocycles. The Bertz CT molecular complexity index is 234. The molecule has 0 bridgehead atoms. The Balaban J connectivity index is 2.38. The van der Waals surface area contributed by atoms with Crippen LogP contribution in [0, 0.1) is 0 Å². The van der Waals surface area contributed by atoms with E-state index in [9.17, 15) is 23.1 Å². The van der Waals surface area contributed by atoms with E-state index in [0.717, 1.165) is 19.3 Å². The second-order valence-corrected chi connectivity index (χ2v) is 3.97. The van der Waals surface area contributed by atoms with Crippen molar-refractivity contribution in [1.29, 1.82) is 0 Å². The van der Waals surface area contributed by atoms with Crippen LogP contribution in [0.15, 0.2) is 0 Å². The highest BCUT2D eigenvalue weighted by Crippen LogP contribution is 2.27. The van der Waals surface area contributed by atoms with Gasteiger partial charge >= 0.3 is 12.1 Å². The Morgan fingerprint density at radius 2 is 1.80 bits per heavy atom. The molecule has 6 heteroatoms. The topological polar surface area (TPSA) is 49.3 Å². The van der Waals surface area contributed by atoms with Gasteiger partial charge in [0.05, 0.1) is 5.60 Å². The first-order valence-corrected chi connectivity index (χ1v) is 4.91. The van der Waals surface area contributed by atoms with E-state index in [2.05, 4.69) is 0 Å². The number of amides is 1. The van der Waals surface area contributed by atoms with Crippen LogP contribution in [0.4, 0.5) is 13.2 Å². The third-order valence-electron chi connectivity index (χ3n) is 2.62. The number of hydrogen-bond donors (Lipinski definition) is 2. The average molecular weight is 225 g/mol. The minimum Gasteiger partial charge on any atom is -0.388 e. The highest BCUT2D eigenvalue weighted by Gasteiger charge is 2.40. The van der Waals surface area contributed by atoms with Crippen molar-refractivity contribution in [3.63, 3.8) is 0 Å². The maximum atomic E-state index is 11.8. The summed E-state index contributed by atoms with van der Waals surface area (Å²) in [5, 5.41) is 11.5.